The number of methoxy groups -OCH3 is 1. The molecule has 2 rings (SSSR count). The van der Waals surface area contributed by atoms with E-state index in [1.54, 1.807) is 12.1 Å². The van der Waals surface area contributed by atoms with Crippen LogP contribution in [-0.4, -0.2) is 26.2 Å². The summed E-state index contributed by atoms with van der Waals surface area (Å²) >= 11 is 0. The second kappa shape index (κ2) is 7.82. The van der Waals surface area contributed by atoms with Gasteiger partial charge in [0.05, 0.1) is 13.7 Å². The molecular weight excluding hydrogens is 292 g/mol. The number of alkyl halides is 2. The summed E-state index contributed by atoms with van der Waals surface area (Å²) in [5.74, 6) is 1.58. The smallest absolute Gasteiger partial charge is 0.387 e. The van der Waals surface area contributed by atoms with Crippen LogP contribution in [0.3, 0.4) is 0 Å². The van der Waals surface area contributed by atoms with Gasteiger partial charge in [-0.15, -0.1) is 0 Å². The molecule has 0 aliphatic heterocycles. The molecule has 0 heterocycles. The van der Waals surface area contributed by atoms with Crippen LogP contribution in [0.2, 0.25) is 0 Å². The summed E-state index contributed by atoms with van der Waals surface area (Å²) in [4.78, 5) is 4.17. The van der Waals surface area contributed by atoms with Crippen molar-refractivity contribution in [3.63, 3.8) is 0 Å². The lowest BCUT2D eigenvalue weighted by molar-refractivity contribution is -0.0504. The molecule has 122 valence electrons. The summed E-state index contributed by atoms with van der Waals surface area (Å²) in [6.07, 6.45) is 3.69. The average Bonchev–Trinajstić information content (AvgIpc) is 2.44. The van der Waals surface area contributed by atoms with E-state index in [0.717, 1.165) is 6.54 Å². The van der Waals surface area contributed by atoms with E-state index in [2.05, 4.69) is 15.0 Å². The lowest BCUT2D eigenvalue weighted by Crippen LogP contribution is -2.37. The van der Waals surface area contributed by atoms with E-state index in [-0.39, 0.29) is 12.3 Å². The highest BCUT2D eigenvalue weighted by atomic mass is 19.3. The monoisotopic (exact) mass is 313 g/mol. The van der Waals surface area contributed by atoms with Crippen LogP contribution in [0.15, 0.2) is 23.2 Å². The number of nitrogens with zero attached hydrogens (tertiary/aromatic N) is 1. The van der Waals surface area contributed by atoms with Gasteiger partial charge in [0.25, 0.3) is 0 Å². The summed E-state index contributed by atoms with van der Waals surface area (Å²) in [5, 5.41) is 3.05. The zero-order chi connectivity index (χ0) is 15.9. The molecule has 0 saturated heterocycles. The van der Waals surface area contributed by atoms with Crippen LogP contribution < -0.4 is 20.5 Å². The Balaban J connectivity index is 1.98. The molecule has 7 heteroatoms. The molecule has 0 radical (unpaired) electrons. The molecule has 0 amide bonds. The Kier molecular flexibility index (Phi) is 5.80. The van der Waals surface area contributed by atoms with E-state index in [0.29, 0.717) is 23.2 Å². The van der Waals surface area contributed by atoms with Crippen LogP contribution in [0.1, 0.15) is 24.8 Å². The van der Waals surface area contributed by atoms with Crippen LogP contribution in [-0.2, 0) is 6.54 Å². The highest BCUT2D eigenvalue weighted by molar-refractivity contribution is 5.77. The molecule has 1 aromatic carbocycles. The first-order valence-corrected chi connectivity index (χ1v) is 7.24. The number of aliphatic imine (C=N–C) groups is 1. The standard InChI is InChI=1S/C15H21F2N3O2/c1-21-12-5-6-13(22-14(16)17)11(7-12)9-20-15(18)19-8-10-3-2-4-10/h5-7,10,14H,2-4,8-9H2,1H3,(H3,18,19,20). The Morgan fingerprint density at radius 3 is 2.82 bits per heavy atom. The summed E-state index contributed by atoms with van der Waals surface area (Å²) in [5.41, 5.74) is 6.28. The Labute approximate surface area is 128 Å². The van der Waals surface area contributed by atoms with Crippen LogP contribution in [0.25, 0.3) is 0 Å². The number of nitrogens with one attached hydrogen (secondary N) is 1. The van der Waals surface area contributed by atoms with Gasteiger partial charge in [-0.05, 0) is 37.0 Å². The molecule has 5 nitrogen and oxygen atoms in total. The van der Waals surface area contributed by atoms with Gasteiger partial charge < -0.3 is 20.5 Å². The molecule has 1 saturated carbocycles. The van der Waals surface area contributed by atoms with Crippen molar-refractivity contribution in [1.82, 2.24) is 5.32 Å². The van der Waals surface area contributed by atoms with E-state index in [1.807, 2.05) is 0 Å². The van der Waals surface area contributed by atoms with Gasteiger partial charge in [0.15, 0.2) is 5.96 Å². The number of hydrogen-bond donors (Lipinski definition) is 2. The van der Waals surface area contributed by atoms with Crippen LogP contribution in [0, 0.1) is 5.92 Å². The largest absolute Gasteiger partial charge is 0.497 e. The molecule has 1 aliphatic carbocycles. The summed E-state index contributed by atoms with van der Waals surface area (Å²) in [7, 11) is 1.50. The molecule has 1 aromatic rings. The van der Waals surface area contributed by atoms with Gasteiger partial charge in [0.2, 0.25) is 0 Å². The van der Waals surface area contributed by atoms with Crippen LogP contribution in [0.4, 0.5) is 8.78 Å². The summed E-state index contributed by atoms with van der Waals surface area (Å²) in [6, 6.07) is 4.61. The molecule has 22 heavy (non-hydrogen) atoms. The van der Waals surface area contributed by atoms with E-state index >= 15 is 0 Å². The summed E-state index contributed by atoms with van der Waals surface area (Å²) in [6.45, 7) is -1.94. The molecule has 3 N–H and O–H groups in total. The topological polar surface area (TPSA) is 68.9 Å². The Hall–Kier alpha value is -2.05. The fourth-order valence-electron chi connectivity index (χ4n) is 2.19. The number of hydrogen-bond acceptors (Lipinski definition) is 3. The summed E-state index contributed by atoms with van der Waals surface area (Å²) < 4.78 is 34.4. The maximum Gasteiger partial charge on any atom is 0.387 e. The quantitative estimate of drug-likeness (QED) is 0.599. The molecule has 0 atom stereocenters. The van der Waals surface area contributed by atoms with Gasteiger partial charge in [0, 0.05) is 12.1 Å². The number of halogens is 2. The van der Waals surface area contributed by atoms with Gasteiger partial charge in [0.1, 0.15) is 11.5 Å². The van der Waals surface area contributed by atoms with Crippen LogP contribution >= 0.6 is 0 Å². The predicted octanol–water partition coefficient (Wildman–Crippen LogP) is 2.50. The van der Waals surface area contributed by atoms with Crippen molar-refractivity contribution in [2.45, 2.75) is 32.4 Å². The minimum Gasteiger partial charge on any atom is -0.497 e. The molecule has 0 aromatic heterocycles. The van der Waals surface area contributed by atoms with E-state index < -0.39 is 6.61 Å². The molecule has 0 spiro atoms. The van der Waals surface area contributed by atoms with Crippen molar-refractivity contribution in [1.29, 1.82) is 0 Å². The van der Waals surface area contributed by atoms with E-state index in [1.165, 1.54) is 32.4 Å². The van der Waals surface area contributed by atoms with Gasteiger partial charge in [-0.25, -0.2) is 4.99 Å². The van der Waals surface area contributed by atoms with E-state index in [9.17, 15) is 8.78 Å². The third kappa shape index (κ3) is 4.75. The minimum absolute atomic E-state index is 0.0753. The number of rotatable bonds is 7. The van der Waals surface area contributed by atoms with Crippen LogP contribution in [0.5, 0.6) is 11.5 Å². The van der Waals surface area contributed by atoms with Crippen molar-refractivity contribution < 1.29 is 18.3 Å². The van der Waals surface area contributed by atoms with Gasteiger partial charge in [-0.1, -0.05) is 6.42 Å². The number of benzene rings is 1. The number of guanidine groups is 1. The number of nitrogens with two attached hydrogens (primary N) is 1. The van der Waals surface area contributed by atoms with Crippen molar-refractivity contribution in [2.75, 3.05) is 13.7 Å². The fourth-order valence-corrected chi connectivity index (χ4v) is 2.19. The Morgan fingerprint density at radius 2 is 2.23 bits per heavy atom. The van der Waals surface area contributed by atoms with Crippen molar-refractivity contribution in [3.05, 3.63) is 23.8 Å². The van der Waals surface area contributed by atoms with Gasteiger partial charge in [-0.2, -0.15) is 8.78 Å². The first-order valence-electron chi connectivity index (χ1n) is 7.24. The highest BCUT2D eigenvalue weighted by Crippen LogP contribution is 2.27. The maximum atomic E-state index is 12.4. The lowest BCUT2D eigenvalue weighted by atomic mass is 9.85. The van der Waals surface area contributed by atoms with Gasteiger partial charge in [-0.3, -0.25) is 0 Å². The lowest BCUT2D eigenvalue weighted by Gasteiger charge is -2.25. The molecular formula is C15H21F2N3O2. The van der Waals surface area contributed by atoms with Crippen molar-refractivity contribution >= 4 is 5.96 Å². The molecule has 1 fully saturated rings. The molecule has 1 aliphatic rings. The third-order valence-corrected chi connectivity index (χ3v) is 3.70. The fraction of sp³-hybridized carbons (Fsp3) is 0.533. The first-order chi connectivity index (χ1) is 10.6. The van der Waals surface area contributed by atoms with Gasteiger partial charge >= 0.3 is 6.61 Å². The Morgan fingerprint density at radius 1 is 1.45 bits per heavy atom. The normalized spacial score (nSPS) is 15.5. The average molecular weight is 313 g/mol. The minimum atomic E-state index is -2.88. The zero-order valence-electron chi connectivity index (χ0n) is 12.5. The third-order valence-electron chi connectivity index (χ3n) is 3.70. The molecule has 0 unspecified atom stereocenters. The predicted molar refractivity (Wildman–Crippen MR) is 80.3 cm³/mol. The molecule has 0 bridgehead atoms. The Bertz CT molecular complexity index is 520. The van der Waals surface area contributed by atoms with Crippen molar-refractivity contribution in [3.8, 4) is 11.5 Å². The second-order valence-corrected chi connectivity index (χ2v) is 5.23. The van der Waals surface area contributed by atoms with Crippen molar-refractivity contribution in [2.24, 2.45) is 16.6 Å². The SMILES string of the molecule is COc1ccc(OC(F)F)c(CN=C(N)NCC2CCC2)c1. The first kappa shape index (κ1) is 16.3. The second-order valence-electron chi connectivity index (χ2n) is 5.23. The zero-order valence-corrected chi connectivity index (χ0v) is 12.5. The van der Waals surface area contributed by atoms with E-state index in [4.69, 9.17) is 10.5 Å². The number of ether oxygens (including phenoxy) is 2. The maximum absolute atomic E-state index is 12.4. The highest BCUT2D eigenvalue weighted by Gasteiger charge is 2.17.